The summed E-state index contributed by atoms with van der Waals surface area (Å²) in [5.74, 6) is 1.75. The van der Waals surface area contributed by atoms with Crippen molar-refractivity contribution in [2.24, 2.45) is 0 Å². The van der Waals surface area contributed by atoms with Crippen molar-refractivity contribution in [1.82, 2.24) is 23.3 Å². The van der Waals surface area contributed by atoms with Crippen molar-refractivity contribution >= 4 is 87.2 Å². The summed E-state index contributed by atoms with van der Waals surface area (Å²) in [6.07, 6.45) is 0. The zero-order valence-electron chi connectivity index (χ0n) is 35.3. The molecule has 0 aliphatic heterocycles. The first-order valence-electron chi connectivity index (χ1n) is 21.8. The third-order valence-electron chi connectivity index (χ3n) is 12.2. The predicted octanol–water partition coefficient (Wildman–Crippen LogP) is 15.5. The van der Waals surface area contributed by atoms with Gasteiger partial charge in [-0.25, -0.2) is 4.98 Å². The van der Waals surface area contributed by atoms with Crippen LogP contribution in [-0.2, 0) is 0 Å². The van der Waals surface area contributed by atoms with Crippen LogP contribution in [0.4, 0.5) is 0 Å². The summed E-state index contributed by atoms with van der Waals surface area (Å²) in [4.78, 5) is 5.56. The van der Waals surface area contributed by atoms with Gasteiger partial charge < -0.3 is 9.13 Å². The molecule has 0 bridgehead atoms. The molecule has 62 heavy (non-hydrogen) atoms. The number of pyridine rings is 1. The summed E-state index contributed by atoms with van der Waals surface area (Å²) < 4.78 is 9.49. The average Bonchev–Trinajstić information content (AvgIpc) is 4.08. The van der Waals surface area contributed by atoms with Crippen LogP contribution in [-0.4, -0.2) is 23.3 Å². The maximum Gasteiger partial charge on any atom is 0.140 e. The SMILES string of the molecule is CC.CC.c1ccc(-n2c3ccccc3c3c4c5ccccc5n(-c5cccc(-n6c7ccccc7c7c8c9ccccc9n(-c9ccccc9)c8ccc76)n5)c4ccc32)cc1. The van der Waals surface area contributed by atoms with Crippen LogP contribution < -0.4 is 0 Å². The van der Waals surface area contributed by atoms with Crippen LogP contribution >= 0.6 is 0 Å². The van der Waals surface area contributed by atoms with Gasteiger partial charge in [-0.05, 0) is 84.9 Å². The summed E-state index contributed by atoms with van der Waals surface area (Å²) in [6.45, 7) is 8.00. The van der Waals surface area contributed by atoms with Crippen LogP contribution in [0, 0.1) is 0 Å². The van der Waals surface area contributed by atoms with Gasteiger partial charge in [0.2, 0.25) is 0 Å². The van der Waals surface area contributed by atoms with Crippen LogP contribution in [0.2, 0.25) is 0 Å². The van der Waals surface area contributed by atoms with Crippen molar-refractivity contribution in [3.8, 4) is 23.0 Å². The Morgan fingerprint density at radius 3 is 0.855 bits per heavy atom. The second kappa shape index (κ2) is 15.0. The molecule has 0 N–H and O–H groups in total. The topological polar surface area (TPSA) is 32.6 Å². The molecule has 0 radical (unpaired) electrons. The maximum absolute atomic E-state index is 5.56. The lowest BCUT2D eigenvalue weighted by Crippen LogP contribution is -2.03. The predicted molar refractivity (Wildman–Crippen MR) is 264 cm³/mol. The third kappa shape index (κ3) is 5.31. The molecule has 298 valence electrons. The van der Waals surface area contributed by atoms with E-state index in [2.05, 4.69) is 218 Å². The minimum atomic E-state index is 0.877. The summed E-state index contributed by atoms with van der Waals surface area (Å²) in [6, 6.07) is 72.1. The largest absolute Gasteiger partial charge is 0.309 e. The van der Waals surface area contributed by atoms with Crippen LogP contribution in [0.15, 0.2) is 200 Å². The Labute approximate surface area is 359 Å². The van der Waals surface area contributed by atoms with E-state index in [0.29, 0.717) is 0 Å². The van der Waals surface area contributed by atoms with Crippen LogP contribution in [0.5, 0.6) is 0 Å². The lowest BCUT2D eigenvalue weighted by Gasteiger charge is -2.12. The first-order chi connectivity index (χ1) is 30.8. The second-order valence-electron chi connectivity index (χ2n) is 15.1. The second-order valence-corrected chi connectivity index (χ2v) is 15.1. The van der Waals surface area contributed by atoms with Gasteiger partial charge in [-0.15, -0.1) is 0 Å². The highest BCUT2D eigenvalue weighted by Crippen LogP contribution is 2.44. The van der Waals surface area contributed by atoms with Gasteiger partial charge >= 0.3 is 0 Å². The molecule has 5 heterocycles. The van der Waals surface area contributed by atoms with Crippen molar-refractivity contribution in [2.45, 2.75) is 27.7 Å². The fraction of sp³-hybridized carbons (Fsp3) is 0.0702. The van der Waals surface area contributed by atoms with E-state index in [1.807, 2.05) is 27.7 Å². The summed E-state index contributed by atoms with van der Waals surface area (Å²) in [5.41, 5.74) is 11.6. The van der Waals surface area contributed by atoms with Gasteiger partial charge in [0, 0.05) is 54.5 Å². The molecule has 0 amide bonds. The van der Waals surface area contributed by atoms with E-state index in [4.69, 9.17) is 4.98 Å². The molecule has 13 aromatic rings. The van der Waals surface area contributed by atoms with Crippen LogP contribution in [0.25, 0.3) is 110 Å². The molecule has 0 atom stereocenters. The monoisotopic (exact) mass is 799 g/mol. The van der Waals surface area contributed by atoms with Gasteiger partial charge in [-0.3, -0.25) is 9.13 Å². The van der Waals surface area contributed by atoms with E-state index in [9.17, 15) is 0 Å². The van der Waals surface area contributed by atoms with Crippen LogP contribution in [0.3, 0.4) is 0 Å². The zero-order valence-corrected chi connectivity index (χ0v) is 35.3. The first kappa shape index (κ1) is 37.1. The summed E-state index contributed by atoms with van der Waals surface area (Å²) in [7, 11) is 0. The van der Waals surface area contributed by atoms with Gasteiger partial charge in [0.15, 0.2) is 0 Å². The molecule has 5 heteroatoms. The number of aromatic nitrogens is 5. The molecule has 0 saturated heterocycles. The van der Waals surface area contributed by atoms with Crippen molar-refractivity contribution in [1.29, 1.82) is 0 Å². The van der Waals surface area contributed by atoms with E-state index in [-0.39, 0.29) is 0 Å². The van der Waals surface area contributed by atoms with E-state index in [0.717, 1.165) is 45.1 Å². The molecule has 0 aliphatic carbocycles. The van der Waals surface area contributed by atoms with Gasteiger partial charge in [0.1, 0.15) is 11.6 Å². The Bertz CT molecular complexity index is 3540. The first-order valence-corrected chi connectivity index (χ1v) is 21.8. The van der Waals surface area contributed by atoms with Crippen molar-refractivity contribution in [3.05, 3.63) is 200 Å². The zero-order chi connectivity index (χ0) is 41.9. The molecule has 8 aromatic carbocycles. The average molecular weight is 800 g/mol. The molecule has 13 rings (SSSR count). The standard InChI is InChI=1S/C53H33N5.2C2H6/c1-3-16-34(17-4-1)55-40-24-11-7-20-36(40)50-44(55)30-32-46-52(50)38-22-9-13-26-42(38)57(46)48-28-15-29-49(54-48)58-43-27-14-10-23-39(43)53-47(58)33-31-45-51(53)37-21-8-12-25-41(37)56(45)35-18-5-2-6-19-35;2*1-2/h1-33H;2*1-2H3. The van der Waals surface area contributed by atoms with Gasteiger partial charge in [0.25, 0.3) is 0 Å². The molecule has 0 unspecified atom stereocenters. The lowest BCUT2D eigenvalue weighted by molar-refractivity contribution is 1.01. The smallest absolute Gasteiger partial charge is 0.140 e. The summed E-state index contributed by atoms with van der Waals surface area (Å²) >= 11 is 0. The highest BCUT2D eigenvalue weighted by atomic mass is 15.1. The Morgan fingerprint density at radius 2 is 0.516 bits per heavy atom. The minimum Gasteiger partial charge on any atom is -0.309 e. The number of para-hydroxylation sites is 6. The van der Waals surface area contributed by atoms with Gasteiger partial charge in [0.05, 0.1) is 44.1 Å². The van der Waals surface area contributed by atoms with E-state index < -0.39 is 0 Å². The molecule has 0 saturated carbocycles. The number of rotatable bonds is 4. The Kier molecular flexibility index (Phi) is 8.97. The fourth-order valence-corrected chi connectivity index (χ4v) is 9.90. The lowest BCUT2D eigenvalue weighted by atomic mass is 10.1. The molecule has 0 fully saturated rings. The quantitative estimate of drug-likeness (QED) is 0.174. The number of fused-ring (bicyclic) bond motifs is 14. The fourth-order valence-electron chi connectivity index (χ4n) is 9.90. The molecule has 5 nitrogen and oxygen atoms in total. The number of hydrogen-bond acceptors (Lipinski definition) is 1. The van der Waals surface area contributed by atoms with Crippen molar-refractivity contribution in [2.75, 3.05) is 0 Å². The molecular formula is C57H45N5. The minimum absolute atomic E-state index is 0.877. The van der Waals surface area contributed by atoms with Gasteiger partial charge in [-0.1, -0.05) is 143 Å². The van der Waals surface area contributed by atoms with Crippen molar-refractivity contribution in [3.63, 3.8) is 0 Å². The summed E-state index contributed by atoms with van der Waals surface area (Å²) in [5, 5.41) is 9.87. The van der Waals surface area contributed by atoms with Crippen LogP contribution in [0.1, 0.15) is 27.7 Å². The Balaban J connectivity index is 0.00000105. The van der Waals surface area contributed by atoms with Crippen molar-refractivity contribution < 1.29 is 0 Å². The number of nitrogens with zero attached hydrogens (tertiary/aromatic N) is 5. The van der Waals surface area contributed by atoms with E-state index in [1.54, 1.807) is 0 Å². The van der Waals surface area contributed by atoms with E-state index in [1.165, 1.54) is 65.2 Å². The van der Waals surface area contributed by atoms with Gasteiger partial charge in [-0.2, -0.15) is 0 Å². The highest BCUT2D eigenvalue weighted by Gasteiger charge is 2.23. The molecule has 5 aromatic heterocycles. The maximum atomic E-state index is 5.56. The Hall–Kier alpha value is -7.89. The molecule has 0 aliphatic rings. The molecule has 0 spiro atoms. The third-order valence-corrected chi connectivity index (χ3v) is 12.2. The number of hydrogen-bond donors (Lipinski definition) is 0. The Morgan fingerprint density at radius 1 is 0.242 bits per heavy atom. The van der Waals surface area contributed by atoms with E-state index >= 15 is 0 Å². The normalized spacial score (nSPS) is 11.5. The number of benzene rings is 8. The highest BCUT2D eigenvalue weighted by molar-refractivity contribution is 6.30. The molecular weight excluding hydrogens is 755 g/mol.